The molecule has 1 atom stereocenters. The summed E-state index contributed by atoms with van der Waals surface area (Å²) < 4.78 is 38.0. The maximum atomic E-state index is 13.9. The zero-order valence-corrected chi connectivity index (χ0v) is 24.2. The average molecular weight is 587 g/mol. The van der Waals surface area contributed by atoms with Gasteiger partial charge < -0.3 is 19.7 Å². The molecule has 9 nitrogen and oxygen atoms in total. The molecule has 2 aromatic rings. The minimum Gasteiger partial charge on any atom is -0.454 e. The van der Waals surface area contributed by atoms with Crippen molar-refractivity contribution < 1.29 is 27.5 Å². The molecule has 0 unspecified atom stereocenters. The first-order valence-corrected chi connectivity index (χ1v) is 14.7. The average Bonchev–Trinajstić information content (AvgIpc) is 3.35. The van der Waals surface area contributed by atoms with Gasteiger partial charge in [-0.2, -0.15) is 0 Å². The number of rotatable bonds is 12. The molecule has 0 saturated heterocycles. The van der Waals surface area contributed by atoms with Crippen molar-refractivity contribution in [3.63, 3.8) is 0 Å². The molecule has 1 heterocycles. The second kappa shape index (κ2) is 12.9. The first-order chi connectivity index (χ1) is 18.0. The van der Waals surface area contributed by atoms with Crippen LogP contribution in [-0.2, 0) is 26.2 Å². The van der Waals surface area contributed by atoms with Gasteiger partial charge in [-0.25, -0.2) is 8.42 Å². The molecular weight excluding hydrogens is 553 g/mol. The Morgan fingerprint density at radius 3 is 2.32 bits per heavy atom. The van der Waals surface area contributed by atoms with Crippen LogP contribution in [0.4, 0.5) is 5.69 Å². The normalized spacial score (nSPS) is 13.3. The zero-order chi connectivity index (χ0) is 28.0. The standard InChI is InChI=1S/C26H33Cl2N3O6S/c1-5-22(26(33)29-13-17(3)4)30(14-19-20(27)8-7-9-21(19)28)25(32)15-31(38(34,35)6-2)18-10-11-23-24(12-18)37-16-36-23/h7-12,17,22H,5-6,13-16H2,1-4H3,(H,29,33)/t22-/m0/s1. The lowest BCUT2D eigenvalue weighted by Crippen LogP contribution is -2.52. The molecule has 1 aliphatic heterocycles. The zero-order valence-electron chi connectivity index (χ0n) is 21.9. The molecule has 38 heavy (non-hydrogen) atoms. The molecule has 208 valence electrons. The fourth-order valence-corrected chi connectivity index (χ4v) is 5.53. The number of hydrogen-bond acceptors (Lipinski definition) is 6. The van der Waals surface area contributed by atoms with Crippen molar-refractivity contribution in [3.8, 4) is 11.5 Å². The van der Waals surface area contributed by atoms with Crippen LogP contribution in [0.15, 0.2) is 36.4 Å². The van der Waals surface area contributed by atoms with E-state index in [4.69, 9.17) is 32.7 Å². The highest BCUT2D eigenvalue weighted by molar-refractivity contribution is 7.92. The Labute approximate surface area is 234 Å². The summed E-state index contributed by atoms with van der Waals surface area (Å²) in [6.07, 6.45) is 0.294. The van der Waals surface area contributed by atoms with Crippen molar-refractivity contribution in [1.29, 1.82) is 0 Å². The van der Waals surface area contributed by atoms with E-state index < -0.39 is 28.5 Å². The molecule has 2 amide bonds. The van der Waals surface area contributed by atoms with E-state index in [-0.39, 0.29) is 36.6 Å². The molecule has 1 N–H and O–H groups in total. The van der Waals surface area contributed by atoms with Gasteiger partial charge in [0.25, 0.3) is 0 Å². The van der Waals surface area contributed by atoms with E-state index in [1.807, 2.05) is 13.8 Å². The van der Waals surface area contributed by atoms with Gasteiger partial charge in [0.15, 0.2) is 11.5 Å². The summed E-state index contributed by atoms with van der Waals surface area (Å²) >= 11 is 12.8. The summed E-state index contributed by atoms with van der Waals surface area (Å²) in [5, 5.41) is 3.55. The number of sulfonamides is 1. The van der Waals surface area contributed by atoms with Crippen LogP contribution < -0.4 is 19.1 Å². The van der Waals surface area contributed by atoms with Gasteiger partial charge in [-0.15, -0.1) is 0 Å². The fourth-order valence-electron chi connectivity index (χ4n) is 3.96. The predicted octanol–water partition coefficient (Wildman–Crippen LogP) is 4.46. The molecule has 0 spiro atoms. The van der Waals surface area contributed by atoms with E-state index in [2.05, 4.69) is 5.32 Å². The lowest BCUT2D eigenvalue weighted by atomic mass is 10.1. The van der Waals surface area contributed by atoms with Gasteiger partial charge in [-0.3, -0.25) is 13.9 Å². The molecule has 2 aromatic carbocycles. The lowest BCUT2D eigenvalue weighted by Gasteiger charge is -2.33. The molecule has 0 aromatic heterocycles. The van der Waals surface area contributed by atoms with E-state index in [1.54, 1.807) is 37.3 Å². The highest BCUT2D eigenvalue weighted by Gasteiger charge is 2.33. The van der Waals surface area contributed by atoms with E-state index in [0.717, 1.165) is 4.31 Å². The number of ether oxygens (including phenoxy) is 2. The van der Waals surface area contributed by atoms with Gasteiger partial charge in [0, 0.05) is 34.8 Å². The van der Waals surface area contributed by atoms with E-state index in [1.165, 1.54) is 17.9 Å². The topological polar surface area (TPSA) is 105 Å². The Balaban J connectivity index is 2.00. The number of nitrogens with one attached hydrogen (secondary N) is 1. The third kappa shape index (κ3) is 7.03. The summed E-state index contributed by atoms with van der Waals surface area (Å²) in [4.78, 5) is 28.4. The summed E-state index contributed by atoms with van der Waals surface area (Å²) in [5.41, 5.74) is 0.713. The Bertz CT molecular complexity index is 1250. The minimum atomic E-state index is -3.89. The fraction of sp³-hybridized carbons (Fsp3) is 0.462. The van der Waals surface area contributed by atoms with Gasteiger partial charge in [-0.1, -0.05) is 50.0 Å². The van der Waals surface area contributed by atoms with Crippen LogP contribution in [0, 0.1) is 5.92 Å². The van der Waals surface area contributed by atoms with Gasteiger partial charge in [0.1, 0.15) is 12.6 Å². The van der Waals surface area contributed by atoms with Crippen molar-refractivity contribution in [2.24, 2.45) is 5.92 Å². The number of hydrogen-bond donors (Lipinski definition) is 1. The molecule has 3 rings (SSSR count). The number of amides is 2. The first kappa shape index (κ1) is 29.9. The van der Waals surface area contributed by atoms with Crippen LogP contribution >= 0.6 is 23.2 Å². The van der Waals surface area contributed by atoms with Crippen molar-refractivity contribution in [3.05, 3.63) is 52.0 Å². The maximum absolute atomic E-state index is 13.9. The summed E-state index contributed by atoms with van der Waals surface area (Å²) in [5.74, 6) is -0.0954. The van der Waals surface area contributed by atoms with E-state index in [0.29, 0.717) is 40.1 Å². The number of nitrogens with zero attached hydrogens (tertiary/aromatic N) is 2. The van der Waals surface area contributed by atoms with Crippen LogP contribution in [0.5, 0.6) is 11.5 Å². The van der Waals surface area contributed by atoms with Gasteiger partial charge >= 0.3 is 0 Å². The van der Waals surface area contributed by atoms with Crippen LogP contribution in [0.1, 0.15) is 39.7 Å². The molecular formula is C26H33Cl2N3O6S. The van der Waals surface area contributed by atoms with Gasteiger partial charge in [0.2, 0.25) is 28.6 Å². The highest BCUT2D eigenvalue weighted by Crippen LogP contribution is 2.36. The second-order valence-electron chi connectivity index (χ2n) is 9.23. The predicted molar refractivity (Wildman–Crippen MR) is 148 cm³/mol. The molecule has 0 fully saturated rings. The first-order valence-electron chi connectivity index (χ1n) is 12.4. The Morgan fingerprint density at radius 2 is 1.71 bits per heavy atom. The monoisotopic (exact) mass is 585 g/mol. The number of fused-ring (bicyclic) bond motifs is 1. The molecule has 12 heteroatoms. The second-order valence-corrected chi connectivity index (χ2v) is 12.2. The van der Waals surface area contributed by atoms with Crippen molar-refractivity contribution in [1.82, 2.24) is 10.2 Å². The molecule has 0 bridgehead atoms. The summed E-state index contributed by atoms with van der Waals surface area (Å²) in [6, 6.07) is 8.76. The smallest absolute Gasteiger partial charge is 0.244 e. The van der Waals surface area contributed by atoms with Crippen molar-refractivity contribution >= 4 is 50.7 Å². The quantitative estimate of drug-likeness (QED) is 0.394. The Hall–Kier alpha value is -2.69. The molecule has 0 aliphatic carbocycles. The number of anilines is 1. The highest BCUT2D eigenvalue weighted by atomic mass is 35.5. The number of carbonyl (C=O) groups excluding carboxylic acids is 2. The maximum Gasteiger partial charge on any atom is 0.244 e. The number of halogens is 2. The lowest BCUT2D eigenvalue weighted by molar-refractivity contribution is -0.140. The van der Waals surface area contributed by atoms with Gasteiger partial charge in [-0.05, 0) is 43.5 Å². The number of benzene rings is 2. The Morgan fingerprint density at radius 1 is 1.05 bits per heavy atom. The van der Waals surface area contributed by atoms with Crippen LogP contribution in [0.3, 0.4) is 0 Å². The van der Waals surface area contributed by atoms with Crippen LogP contribution in [-0.4, -0.2) is 56.8 Å². The van der Waals surface area contributed by atoms with Crippen molar-refractivity contribution in [2.75, 3.05) is 29.9 Å². The molecule has 0 saturated carbocycles. The van der Waals surface area contributed by atoms with E-state index in [9.17, 15) is 18.0 Å². The Kier molecular flexibility index (Phi) is 10.1. The molecule has 0 radical (unpaired) electrons. The third-order valence-corrected chi connectivity index (χ3v) is 8.53. The van der Waals surface area contributed by atoms with E-state index >= 15 is 0 Å². The molecule has 1 aliphatic rings. The van der Waals surface area contributed by atoms with Gasteiger partial charge in [0.05, 0.1) is 11.4 Å². The van der Waals surface area contributed by atoms with Crippen molar-refractivity contribution in [2.45, 2.75) is 46.7 Å². The third-order valence-electron chi connectivity index (χ3n) is 6.08. The summed E-state index contributed by atoms with van der Waals surface area (Å²) in [7, 11) is -3.89. The largest absolute Gasteiger partial charge is 0.454 e. The van der Waals surface area contributed by atoms with Crippen LogP contribution in [0.25, 0.3) is 0 Å². The summed E-state index contributed by atoms with van der Waals surface area (Å²) in [6.45, 7) is 7.05. The van der Waals surface area contributed by atoms with Crippen LogP contribution in [0.2, 0.25) is 10.0 Å². The number of carbonyl (C=O) groups is 2. The minimum absolute atomic E-state index is 0.0221. The SMILES string of the molecule is CC[C@@H](C(=O)NCC(C)C)N(Cc1c(Cl)cccc1Cl)C(=O)CN(c1ccc2c(c1)OCO2)S(=O)(=O)CC.